The summed E-state index contributed by atoms with van der Waals surface area (Å²) in [6, 6.07) is -2.12. The number of cyclic esters (lactones) is 1. The molecule has 49 heavy (non-hydrogen) atoms. The highest BCUT2D eigenvalue weighted by Crippen LogP contribution is 2.59. The SMILES string of the molecule is C=C(N)/N=C(OC)\C(N=CC1C(C)[C@]12OC(=O)OC2C(COP(=O)(NC(CC(C)C)C(=O)OC)NC(CC(C)C)C(=O)OC)OC)=C(/C)N. The van der Waals surface area contributed by atoms with Crippen molar-refractivity contribution in [1.29, 1.82) is 0 Å². The molecule has 2 fully saturated rings. The van der Waals surface area contributed by atoms with E-state index >= 15 is 0 Å². The van der Waals surface area contributed by atoms with Gasteiger partial charge < -0.3 is 44.4 Å². The number of aliphatic imine (C=N–C) groups is 2. The van der Waals surface area contributed by atoms with Crippen LogP contribution in [-0.2, 0) is 47.1 Å². The van der Waals surface area contributed by atoms with Gasteiger partial charge in [-0.05, 0) is 31.6 Å². The number of nitrogens with zero attached hydrogens (tertiary/aromatic N) is 2. The number of nitrogens with two attached hydrogens (primary N) is 2. The molecule has 1 aliphatic heterocycles. The Morgan fingerprint density at radius 1 is 1.02 bits per heavy atom. The van der Waals surface area contributed by atoms with Crippen LogP contribution in [0.1, 0.15) is 54.4 Å². The highest BCUT2D eigenvalue weighted by atomic mass is 31.2. The van der Waals surface area contributed by atoms with Crippen LogP contribution in [0.5, 0.6) is 0 Å². The molecular weight excluding hydrogens is 663 g/mol. The summed E-state index contributed by atoms with van der Waals surface area (Å²) in [5.74, 6) is -2.15. The van der Waals surface area contributed by atoms with Crippen molar-refractivity contribution in [3.63, 3.8) is 0 Å². The van der Waals surface area contributed by atoms with E-state index in [-0.39, 0.29) is 53.7 Å². The molecule has 0 amide bonds. The van der Waals surface area contributed by atoms with E-state index in [0.717, 1.165) is 0 Å². The van der Waals surface area contributed by atoms with Gasteiger partial charge in [-0.3, -0.25) is 19.1 Å². The molecule has 0 radical (unpaired) electrons. The molecule has 2 rings (SSSR count). The zero-order valence-electron chi connectivity index (χ0n) is 30.0. The molecule has 1 spiro atoms. The van der Waals surface area contributed by atoms with Gasteiger partial charge in [-0.2, -0.15) is 4.99 Å². The summed E-state index contributed by atoms with van der Waals surface area (Å²) >= 11 is 0. The summed E-state index contributed by atoms with van der Waals surface area (Å²) in [5, 5.41) is 5.54. The Kier molecular flexibility index (Phi) is 15.3. The predicted molar refractivity (Wildman–Crippen MR) is 181 cm³/mol. The highest BCUT2D eigenvalue weighted by Gasteiger charge is 2.75. The van der Waals surface area contributed by atoms with Crippen molar-refractivity contribution in [2.24, 2.45) is 45.1 Å². The molecule has 0 aromatic heterocycles. The second kappa shape index (κ2) is 17.9. The lowest BCUT2D eigenvalue weighted by atomic mass is 10.0. The van der Waals surface area contributed by atoms with Gasteiger partial charge in [0.25, 0.3) is 0 Å². The fourth-order valence-electron chi connectivity index (χ4n) is 5.65. The fraction of sp³-hybridized carbons (Fsp3) is 0.710. The quantitative estimate of drug-likeness (QED) is 0.0495. The first-order valence-corrected chi connectivity index (χ1v) is 17.5. The van der Waals surface area contributed by atoms with E-state index < -0.39 is 68.2 Å². The van der Waals surface area contributed by atoms with Crippen LogP contribution in [0.4, 0.5) is 4.79 Å². The van der Waals surface area contributed by atoms with Crippen molar-refractivity contribution in [2.75, 3.05) is 35.0 Å². The molecule has 2 aliphatic rings. The maximum atomic E-state index is 14.5. The van der Waals surface area contributed by atoms with Crippen LogP contribution < -0.4 is 21.6 Å². The number of ether oxygens (including phenoxy) is 6. The standard InChI is InChI=1S/C31H53N6O11P/c1-16(2)12-22(28(38)44-10)36-49(41,37-23(13-17(3)4)29(39)45-11)46-15-24(42-8)26-31(48-30(40)47-26)18(5)21(31)14-34-25(19(6)32)27(43-9)35-20(7)33/h14,16-18,21-24,26H,7,12-13,15,32-33H2,1-6,8-11H3,(H2,36,37,41)/b25-19-,34-14?,35-27+/t18?,21?,22?,23?,24?,26?,31-,49?/m0/s1. The van der Waals surface area contributed by atoms with Gasteiger partial charge in [-0.1, -0.05) is 41.2 Å². The third kappa shape index (κ3) is 10.7. The van der Waals surface area contributed by atoms with E-state index in [4.69, 9.17) is 44.4 Å². The molecule has 0 bridgehead atoms. The highest BCUT2D eigenvalue weighted by molar-refractivity contribution is 7.54. The summed E-state index contributed by atoms with van der Waals surface area (Å²) in [7, 11) is 0.893. The Hall–Kier alpha value is -3.50. The Bertz CT molecular complexity index is 1310. The third-order valence-corrected chi connectivity index (χ3v) is 9.88. The van der Waals surface area contributed by atoms with Gasteiger partial charge in [0, 0.05) is 30.9 Å². The largest absolute Gasteiger partial charge is 0.509 e. The molecule has 6 N–H and O–H groups in total. The number of hydrogen-bond acceptors (Lipinski definition) is 15. The summed E-state index contributed by atoms with van der Waals surface area (Å²) in [4.78, 5) is 46.5. The summed E-state index contributed by atoms with van der Waals surface area (Å²) in [6.07, 6.45) is -0.993. The van der Waals surface area contributed by atoms with Gasteiger partial charge in [-0.25, -0.2) is 15.0 Å². The maximum absolute atomic E-state index is 14.5. The second-order valence-electron chi connectivity index (χ2n) is 12.8. The first-order chi connectivity index (χ1) is 22.9. The zero-order valence-corrected chi connectivity index (χ0v) is 30.9. The van der Waals surface area contributed by atoms with Crippen molar-refractivity contribution in [3.8, 4) is 0 Å². The Morgan fingerprint density at radius 2 is 1.55 bits per heavy atom. The summed E-state index contributed by atoms with van der Waals surface area (Å²) < 4.78 is 52.7. The average Bonchev–Trinajstić information content (AvgIpc) is 3.39. The van der Waals surface area contributed by atoms with Crippen LogP contribution in [0.25, 0.3) is 0 Å². The molecule has 6 unspecified atom stereocenters. The number of methoxy groups -OCH3 is 4. The number of carbonyl (C=O) groups excluding carboxylic acids is 3. The van der Waals surface area contributed by atoms with E-state index in [9.17, 15) is 18.9 Å². The molecule has 1 aliphatic carbocycles. The number of carbonyl (C=O) groups is 3. The van der Waals surface area contributed by atoms with Gasteiger partial charge in [0.2, 0.25) is 5.90 Å². The first kappa shape index (κ1) is 41.7. The summed E-state index contributed by atoms with van der Waals surface area (Å²) in [6.45, 7) is 14.1. The van der Waals surface area contributed by atoms with Crippen molar-refractivity contribution >= 4 is 37.9 Å². The van der Waals surface area contributed by atoms with E-state index in [2.05, 4.69) is 26.7 Å². The Balaban J connectivity index is 2.45. The van der Waals surface area contributed by atoms with Crippen molar-refractivity contribution in [1.82, 2.24) is 10.2 Å². The minimum absolute atomic E-state index is 0.00696. The molecule has 278 valence electrons. The zero-order chi connectivity index (χ0) is 37.3. The minimum Gasteiger partial charge on any atom is -0.479 e. The predicted octanol–water partition coefficient (Wildman–Crippen LogP) is 2.76. The lowest BCUT2D eigenvalue weighted by Crippen LogP contribution is -2.47. The molecule has 0 aromatic rings. The smallest absolute Gasteiger partial charge is 0.479 e. The van der Waals surface area contributed by atoms with Gasteiger partial charge in [-0.15, -0.1) is 0 Å². The van der Waals surface area contributed by atoms with Crippen LogP contribution in [0, 0.1) is 23.7 Å². The minimum atomic E-state index is -4.27. The van der Waals surface area contributed by atoms with E-state index in [1.165, 1.54) is 28.4 Å². The van der Waals surface area contributed by atoms with E-state index in [1.807, 2.05) is 34.6 Å². The van der Waals surface area contributed by atoms with Gasteiger partial charge in [0.15, 0.2) is 11.7 Å². The number of esters is 2. The molecule has 7 atom stereocenters. The topological polar surface area (TPSA) is 234 Å². The third-order valence-electron chi connectivity index (χ3n) is 8.07. The lowest BCUT2D eigenvalue weighted by molar-refractivity contribution is -0.143. The monoisotopic (exact) mass is 716 g/mol. The maximum Gasteiger partial charge on any atom is 0.509 e. The molecule has 1 saturated carbocycles. The van der Waals surface area contributed by atoms with Crippen LogP contribution in [0.3, 0.4) is 0 Å². The normalized spacial score (nSPS) is 25.7. The number of allylic oxidation sites excluding steroid dienone is 1. The van der Waals surface area contributed by atoms with Crippen LogP contribution in [0.2, 0.25) is 0 Å². The number of nitrogens with one attached hydrogen (secondary N) is 2. The van der Waals surface area contributed by atoms with E-state index in [0.29, 0.717) is 0 Å². The second-order valence-corrected chi connectivity index (χ2v) is 14.6. The molecular formula is C31H53N6O11P. The first-order valence-electron chi connectivity index (χ1n) is 15.9. The molecule has 18 heteroatoms. The Labute approximate surface area is 288 Å². The van der Waals surface area contributed by atoms with Gasteiger partial charge in [0.05, 0.1) is 27.9 Å². The Morgan fingerprint density at radius 3 is 1.96 bits per heavy atom. The molecule has 0 aromatic carbocycles. The number of hydrogen-bond donors (Lipinski definition) is 4. The van der Waals surface area contributed by atoms with Crippen molar-refractivity contribution in [3.05, 3.63) is 23.8 Å². The molecule has 1 saturated heterocycles. The van der Waals surface area contributed by atoms with Gasteiger partial charge >= 0.3 is 25.8 Å². The number of rotatable bonds is 19. The van der Waals surface area contributed by atoms with E-state index in [1.54, 1.807) is 13.1 Å². The van der Waals surface area contributed by atoms with Crippen molar-refractivity contribution in [2.45, 2.75) is 84.3 Å². The summed E-state index contributed by atoms with van der Waals surface area (Å²) in [5.41, 5.74) is 10.9. The lowest BCUT2D eigenvalue weighted by Gasteiger charge is -2.31. The van der Waals surface area contributed by atoms with Crippen LogP contribution >= 0.6 is 7.67 Å². The van der Waals surface area contributed by atoms with Crippen molar-refractivity contribution < 1.29 is 51.9 Å². The van der Waals surface area contributed by atoms with Crippen LogP contribution in [-0.4, -0.2) is 95.1 Å². The fourth-order valence-corrected chi connectivity index (χ4v) is 7.47. The average molecular weight is 717 g/mol. The van der Waals surface area contributed by atoms with Crippen LogP contribution in [0.15, 0.2) is 33.8 Å². The van der Waals surface area contributed by atoms with Gasteiger partial charge in [0.1, 0.15) is 29.7 Å². The molecule has 1 heterocycles. The molecule has 17 nitrogen and oxygen atoms in total.